The third-order valence-electron chi connectivity index (χ3n) is 4.47. The number of benzene rings is 1. The number of carbonyl (C=O) groups excluding carboxylic acids is 1. The predicted molar refractivity (Wildman–Crippen MR) is 96.9 cm³/mol. The summed E-state index contributed by atoms with van der Waals surface area (Å²) in [4.78, 5) is 29.6. The van der Waals surface area contributed by atoms with Crippen molar-refractivity contribution in [1.82, 2.24) is 9.55 Å². The largest absolute Gasteiger partial charge is 0.418 e. The molecule has 1 unspecified atom stereocenters. The highest BCUT2D eigenvalue weighted by Crippen LogP contribution is 2.35. The fourth-order valence-corrected chi connectivity index (χ4v) is 4.16. The van der Waals surface area contributed by atoms with Gasteiger partial charge in [-0.3, -0.25) is 14.2 Å². The number of rotatable bonds is 3. The number of nitrogens with zero attached hydrogens (tertiary/aromatic N) is 2. The number of alkyl halides is 3. The Balaban J connectivity index is 1.85. The van der Waals surface area contributed by atoms with Gasteiger partial charge in [0.2, 0.25) is 5.91 Å². The molecule has 0 saturated heterocycles. The molecule has 0 radical (unpaired) electrons. The maximum atomic E-state index is 13.1. The van der Waals surface area contributed by atoms with Gasteiger partial charge in [-0.05, 0) is 25.5 Å². The van der Waals surface area contributed by atoms with Crippen LogP contribution < -0.4 is 10.9 Å². The minimum Gasteiger partial charge on any atom is -0.325 e. The molecular formula is C18H18F3N3O2S. The van der Waals surface area contributed by atoms with E-state index in [0.717, 1.165) is 6.07 Å². The van der Waals surface area contributed by atoms with E-state index in [2.05, 4.69) is 10.3 Å². The van der Waals surface area contributed by atoms with Crippen molar-refractivity contribution in [2.45, 2.75) is 38.1 Å². The van der Waals surface area contributed by atoms with Gasteiger partial charge in [-0.25, -0.2) is 4.98 Å². The Morgan fingerprint density at radius 1 is 1.37 bits per heavy atom. The van der Waals surface area contributed by atoms with Crippen molar-refractivity contribution in [1.29, 1.82) is 0 Å². The summed E-state index contributed by atoms with van der Waals surface area (Å²) < 4.78 is 40.8. The molecule has 5 nitrogen and oxygen atoms in total. The van der Waals surface area contributed by atoms with Gasteiger partial charge >= 0.3 is 6.18 Å². The van der Waals surface area contributed by atoms with Crippen LogP contribution in [-0.2, 0) is 23.9 Å². The monoisotopic (exact) mass is 397 g/mol. The van der Waals surface area contributed by atoms with E-state index in [-0.39, 0.29) is 17.8 Å². The van der Waals surface area contributed by atoms with Crippen LogP contribution in [0, 0.1) is 12.8 Å². The lowest BCUT2D eigenvalue weighted by atomic mass is 10.1. The molecule has 0 aliphatic carbocycles. The average Bonchev–Trinajstić information content (AvgIpc) is 2.61. The molecule has 1 atom stereocenters. The lowest BCUT2D eigenvalue weighted by molar-refractivity contribution is -0.137. The first-order chi connectivity index (χ1) is 12.7. The first kappa shape index (κ1) is 19.5. The Morgan fingerprint density at radius 2 is 2.07 bits per heavy atom. The maximum absolute atomic E-state index is 13.1. The van der Waals surface area contributed by atoms with Gasteiger partial charge in [-0.2, -0.15) is 13.2 Å². The Morgan fingerprint density at radius 3 is 2.74 bits per heavy atom. The van der Waals surface area contributed by atoms with E-state index in [1.807, 2.05) is 6.92 Å². The highest BCUT2D eigenvalue weighted by atomic mass is 32.2. The maximum Gasteiger partial charge on any atom is 0.418 e. The number of aromatic nitrogens is 2. The van der Waals surface area contributed by atoms with Crippen LogP contribution in [0.3, 0.4) is 0 Å². The van der Waals surface area contributed by atoms with Crippen molar-refractivity contribution in [3.8, 4) is 0 Å². The van der Waals surface area contributed by atoms with Crippen LogP contribution in [0.5, 0.6) is 0 Å². The Labute approximate surface area is 158 Å². The summed E-state index contributed by atoms with van der Waals surface area (Å²) >= 11 is 1.26. The van der Waals surface area contributed by atoms with Crippen molar-refractivity contribution >= 4 is 23.4 Å². The Hall–Kier alpha value is -2.29. The number of aryl methyl sites for hydroxylation is 1. The standard InChI is InChI=1S/C18H18F3N3O2S/c1-3-12-10(2)22-17-24(16(12)26)8-11(9-27-17)15(25)23-14-7-5-4-6-13(14)18(19,20)21/h4-7,11H,3,8-9H2,1-2H3,(H,23,25). The number of halogens is 3. The molecule has 1 aromatic carbocycles. The molecule has 2 heterocycles. The summed E-state index contributed by atoms with van der Waals surface area (Å²) in [6.45, 7) is 3.72. The second kappa shape index (κ2) is 7.38. The number of para-hydroxylation sites is 1. The van der Waals surface area contributed by atoms with E-state index < -0.39 is 23.6 Å². The molecule has 27 heavy (non-hydrogen) atoms. The van der Waals surface area contributed by atoms with E-state index in [4.69, 9.17) is 0 Å². The molecule has 3 rings (SSSR count). The fraction of sp³-hybridized carbons (Fsp3) is 0.389. The highest BCUT2D eigenvalue weighted by Gasteiger charge is 2.35. The van der Waals surface area contributed by atoms with Gasteiger partial charge in [0, 0.05) is 23.6 Å². The molecule has 1 aliphatic rings. The molecular weight excluding hydrogens is 379 g/mol. The molecule has 1 N–H and O–H groups in total. The highest BCUT2D eigenvalue weighted by molar-refractivity contribution is 7.99. The minimum absolute atomic E-state index is 0.0987. The third-order valence-corrected chi connectivity index (χ3v) is 5.60. The first-order valence-electron chi connectivity index (χ1n) is 8.42. The van der Waals surface area contributed by atoms with Gasteiger partial charge in [0.1, 0.15) is 0 Å². The van der Waals surface area contributed by atoms with E-state index in [0.29, 0.717) is 28.6 Å². The molecule has 1 aromatic heterocycles. The Bertz CT molecular complexity index is 940. The van der Waals surface area contributed by atoms with Crippen LogP contribution in [0.25, 0.3) is 0 Å². The fourth-order valence-electron chi connectivity index (χ4n) is 3.04. The summed E-state index contributed by atoms with van der Waals surface area (Å²) in [5, 5.41) is 2.91. The van der Waals surface area contributed by atoms with Gasteiger partial charge in [-0.15, -0.1) is 0 Å². The van der Waals surface area contributed by atoms with Crippen molar-refractivity contribution in [2.75, 3.05) is 11.1 Å². The molecule has 0 fully saturated rings. The third kappa shape index (κ3) is 3.87. The van der Waals surface area contributed by atoms with Gasteiger partial charge in [-0.1, -0.05) is 30.8 Å². The molecule has 2 aromatic rings. The minimum atomic E-state index is -4.56. The molecule has 1 amide bonds. The van der Waals surface area contributed by atoms with Gasteiger partial charge in [0.25, 0.3) is 5.56 Å². The first-order valence-corrected chi connectivity index (χ1v) is 9.41. The summed E-state index contributed by atoms with van der Waals surface area (Å²) in [7, 11) is 0. The second-order valence-electron chi connectivity index (χ2n) is 6.27. The summed E-state index contributed by atoms with van der Waals surface area (Å²) in [6, 6.07) is 4.84. The van der Waals surface area contributed by atoms with Crippen molar-refractivity contribution < 1.29 is 18.0 Å². The normalized spacial score (nSPS) is 16.7. The van der Waals surface area contributed by atoms with E-state index in [9.17, 15) is 22.8 Å². The number of anilines is 1. The zero-order valence-electron chi connectivity index (χ0n) is 14.8. The summed E-state index contributed by atoms with van der Waals surface area (Å²) in [6.07, 6.45) is -4.04. The number of hydrogen-bond donors (Lipinski definition) is 1. The summed E-state index contributed by atoms with van der Waals surface area (Å²) in [5.74, 6) is -0.830. The van der Waals surface area contributed by atoms with Gasteiger partial charge in [0.05, 0.1) is 17.2 Å². The van der Waals surface area contributed by atoms with Gasteiger partial charge in [0.15, 0.2) is 5.16 Å². The van der Waals surface area contributed by atoms with Crippen molar-refractivity contribution in [2.24, 2.45) is 5.92 Å². The van der Waals surface area contributed by atoms with Crippen LogP contribution in [0.2, 0.25) is 0 Å². The lowest BCUT2D eigenvalue weighted by Crippen LogP contribution is -2.38. The zero-order chi connectivity index (χ0) is 19.8. The summed E-state index contributed by atoms with van der Waals surface area (Å²) in [5.41, 5.74) is -0.119. The number of amides is 1. The number of thioether (sulfide) groups is 1. The van der Waals surface area contributed by atoms with Crippen LogP contribution in [-0.4, -0.2) is 21.2 Å². The molecule has 9 heteroatoms. The predicted octanol–water partition coefficient (Wildman–Crippen LogP) is 3.49. The molecule has 0 saturated carbocycles. The molecule has 1 aliphatic heterocycles. The van der Waals surface area contributed by atoms with Gasteiger partial charge < -0.3 is 5.32 Å². The van der Waals surface area contributed by atoms with Crippen molar-refractivity contribution in [3.05, 3.63) is 51.4 Å². The average molecular weight is 397 g/mol. The number of fused-ring (bicyclic) bond motifs is 1. The van der Waals surface area contributed by atoms with Crippen LogP contribution in [0.4, 0.5) is 18.9 Å². The number of nitrogens with one attached hydrogen (secondary N) is 1. The van der Waals surface area contributed by atoms with Crippen LogP contribution in [0.1, 0.15) is 23.7 Å². The molecule has 0 spiro atoms. The number of hydrogen-bond acceptors (Lipinski definition) is 4. The topological polar surface area (TPSA) is 64.0 Å². The van der Waals surface area contributed by atoms with Crippen LogP contribution >= 0.6 is 11.8 Å². The lowest BCUT2D eigenvalue weighted by Gasteiger charge is -2.25. The zero-order valence-corrected chi connectivity index (χ0v) is 15.6. The second-order valence-corrected chi connectivity index (χ2v) is 7.26. The van der Waals surface area contributed by atoms with Crippen molar-refractivity contribution in [3.63, 3.8) is 0 Å². The van der Waals surface area contributed by atoms with E-state index >= 15 is 0 Å². The SMILES string of the molecule is CCc1c(C)nc2n(c1=O)CC(C(=O)Nc1ccccc1C(F)(F)F)CS2. The number of carbonyl (C=O) groups is 1. The molecule has 0 bridgehead atoms. The Kier molecular flexibility index (Phi) is 5.32. The van der Waals surface area contributed by atoms with E-state index in [1.165, 1.54) is 34.5 Å². The smallest absolute Gasteiger partial charge is 0.325 e. The van der Waals surface area contributed by atoms with Crippen LogP contribution in [0.15, 0.2) is 34.2 Å². The van der Waals surface area contributed by atoms with E-state index in [1.54, 1.807) is 6.92 Å². The molecule has 144 valence electrons. The quantitative estimate of drug-likeness (QED) is 0.806.